The summed E-state index contributed by atoms with van der Waals surface area (Å²) in [6.07, 6.45) is 6.70. The number of fused-ring (bicyclic) bond motifs is 1. The van der Waals surface area contributed by atoms with Crippen LogP contribution in [0, 0.1) is 13.8 Å². The number of rotatable bonds is 5. The van der Waals surface area contributed by atoms with Gasteiger partial charge in [-0.15, -0.1) is 0 Å². The molecule has 1 aromatic carbocycles. The Balaban J connectivity index is 1.32. The molecule has 3 aromatic heterocycles. The molecular weight excluding hydrogens is 404 g/mol. The molecule has 162 valence electrons. The SMILES string of the molecule is Cc1noc(C)c1COc1ccccc1C(=O)N1CC=C(c2c[nH]c3ncccc23)CC1. The molecule has 32 heavy (non-hydrogen) atoms. The predicted molar refractivity (Wildman–Crippen MR) is 121 cm³/mol. The second-order valence-electron chi connectivity index (χ2n) is 7.92. The van der Waals surface area contributed by atoms with E-state index in [9.17, 15) is 4.79 Å². The van der Waals surface area contributed by atoms with Gasteiger partial charge >= 0.3 is 0 Å². The molecule has 0 unspecified atom stereocenters. The third kappa shape index (κ3) is 3.66. The van der Waals surface area contributed by atoms with E-state index in [-0.39, 0.29) is 5.91 Å². The van der Waals surface area contributed by atoms with Crippen LogP contribution in [0.2, 0.25) is 0 Å². The summed E-state index contributed by atoms with van der Waals surface area (Å²) in [5, 5.41) is 5.07. The Bertz CT molecular complexity index is 1300. The van der Waals surface area contributed by atoms with Crippen molar-refractivity contribution in [2.75, 3.05) is 13.1 Å². The molecule has 1 aliphatic heterocycles. The van der Waals surface area contributed by atoms with Crippen molar-refractivity contribution in [3.05, 3.63) is 83.0 Å². The second-order valence-corrected chi connectivity index (χ2v) is 7.92. The molecule has 0 fully saturated rings. The van der Waals surface area contributed by atoms with Crippen molar-refractivity contribution in [3.8, 4) is 5.75 Å². The number of aromatic amines is 1. The minimum Gasteiger partial charge on any atom is -0.488 e. The first kappa shape index (κ1) is 20.1. The van der Waals surface area contributed by atoms with Gasteiger partial charge in [0.15, 0.2) is 0 Å². The van der Waals surface area contributed by atoms with Crippen LogP contribution in [-0.4, -0.2) is 39.0 Å². The molecular formula is C25H24N4O3. The molecule has 4 aromatic rings. The van der Waals surface area contributed by atoms with Gasteiger partial charge in [0, 0.05) is 36.4 Å². The molecule has 0 atom stereocenters. The summed E-state index contributed by atoms with van der Waals surface area (Å²) in [7, 11) is 0. The molecule has 1 N–H and O–H groups in total. The van der Waals surface area contributed by atoms with Crippen LogP contribution >= 0.6 is 0 Å². The Morgan fingerprint density at radius 3 is 2.88 bits per heavy atom. The number of hydrogen-bond acceptors (Lipinski definition) is 5. The molecule has 7 heteroatoms. The summed E-state index contributed by atoms with van der Waals surface area (Å²) in [5.41, 5.74) is 5.54. The monoisotopic (exact) mass is 428 g/mol. The third-order valence-electron chi connectivity index (χ3n) is 5.96. The van der Waals surface area contributed by atoms with Crippen molar-refractivity contribution in [2.45, 2.75) is 26.9 Å². The van der Waals surface area contributed by atoms with Crippen LogP contribution in [0.25, 0.3) is 16.6 Å². The molecule has 0 bridgehead atoms. The first-order chi connectivity index (χ1) is 15.6. The van der Waals surface area contributed by atoms with Crippen LogP contribution in [0.1, 0.15) is 39.4 Å². The summed E-state index contributed by atoms with van der Waals surface area (Å²) in [5.74, 6) is 1.26. The highest BCUT2D eigenvalue weighted by molar-refractivity contribution is 5.98. The largest absolute Gasteiger partial charge is 0.488 e. The van der Waals surface area contributed by atoms with Gasteiger partial charge in [-0.25, -0.2) is 4.98 Å². The van der Waals surface area contributed by atoms with Crippen molar-refractivity contribution in [1.82, 2.24) is 20.0 Å². The third-order valence-corrected chi connectivity index (χ3v) is 5.96. The zero-order valence-electron chi connectivity index (χ0n) is 18.1. The van der Waals surface area contributed by atoms with E-state index in [2.05, 4.69) is 27.3 Å². The van der Waals surface area contributed by atoms with Crippen LogP contribution in [-0.2, 0) is 6.61 Å². The highest BCUT2D eigenvalue weighted by atomic mass is 16.5. The standard InChI is InChI=1S/C25H24N4O3/c1-16-22(17(2)32-28-16)15-31-23-8-4-3-6-20(23)25(30)29-12-9-18(10-13-29)21-14-27-24-19(21)7-5-11-26-24/h3-9,11,14H,10,12-13,15H2,1-2H3,(H,26,27). The van der Waals surface area contributed by atoms with E-state index in [1.54, 1.807) is 6.20 Å². The summed E-state index contributed by atoms with van der Waals surface area (Å²) in [6, 6.07) is 11.4. The smallest absolute Gasteiger partial charge is 0.257 e. The van der Waals surface area contributed by atoms with E-state index < -0.39 is 0 Å². The highest BCUT2D eigenvalue weighted by Gasteiger charge is 2.23. The number of hydrogen-bond donors (Lipinski definition) is 1. The minimum absolute atomic E-state index is 0.0322. The second kappa shape index (κ2) is 8.34. The van der Waals surface area contributed by atoms with Gasteiger partial charge in [-0.1, -0.05) is 23.4 Å². The van der Waals surface area contributed by atoms with E-state index >= 15 is 0 Å². The number of H-pyrrole nitrogens is 1. The number of benzene rings is 1. The molecule has 1 amide bonds. The summed E-state index contributed by atoms with van der Waals surface area (Å²) in [4.78, 5) is 22.7. The summed E-state index contributed by atoms with van der Waals surface area (Å²) in [6.45, 7) is 5.25. The summed E-state index contributed by atoms with van der Waals surface area (Å²) < 4.78 is 11.2. The number of ether oxygens (including phenoxy) is 1. The van der Waals surface area contributed by atoms with Gasteiger partial charge in [0.05, 0.1) is 16.8 Å². The number of aromatic nitrogens is 3. The fourth-order valence-electron chi connectivity index (χ4n) is 4.12. The van der Waals surface area contributed by atoms with E-state index in [0.29, 0.717) is 31.0 Å². The van der Waals surface area contributed by atoms with E-state index in [1.807, 2.05) is 55.3 Å². The zero-order chi connectivity index (χ0) is 22.1. The van der Waals surface area contributed by atoms with Crippen molar-refractivity contribution in [1.29, 1.82) is 0 Å². The number of nitrogens with one attached hydrogen (secondary N) is 1. The average molecular weight is 428 g/mol. The number of pyridine rings is 1. The van der Waals surface area contributed by atoms with Crippen molar-refractivity contribution in [3.63, 3.8) is 0 Å². The molecule has 0 saturated carbocycles. The fraction of sp³-hybridized carbons (Fsp3) is 0.240. The summed E-state index contributed by atoms with van der Waals surface area (Å²) >= 11 is 0. The molecule has 0 saturated heterocycles. The van der Waals surface area contributed by atoms with Crippen molar-refractivity contribution < 1.29 is 14.1 Å². The van der Waals surface area contributed by atoms with Gasteiger partial charge in [0.2, 0.25) is 0 Å². The molecule has 0 aliphatic carbocycles. The maximum absolute atomic E-state index is 13.3. The molecule has 7 nitrogen and oxygen atoms in total. The van der Waals surface area contributed by atoms with Crippen LogP contribution in [0.3, 0.4) is 0 Å². The lowest BCUT2D eigenvalue weighted by atomic mass is 9.99. The van der Waals surface area contributed by atoms with Crippen LogP contribution in [0.4, 0.5) is 0 Å². The number of amides is 1. The number of nitrogens with zero attached hydrogens (tertiary/aromatic N) is 3. The zero-order valence-corrected chi connectivity index (χ0v) is 18.1. The minimum atomic E-state index is -0.0322. The number of aryl methyl sites for hydroxylation is 2. The first-order valence-corrected chi connectivity index (χ1v) is 10.7. The molecule has 0 radical (unpaired) electrons. The van der Waals surface area contributed by atoms with Gasteiger partial charge in [0.1, 0.15) is 23.8 Å². The Morgan fingerprint density at radius 2 is 2.09 bits per heavy atom. The van der Waals surface area contributed by atoms with Gasteiger partial charge in [-0.3, -0.25) is 4.79 Å². The Kier molecular flexibility index (Phi) is 5.23. The van der Waals surface area contributed by atoms with Gasteiger partial charge in [0.25, 0.3) is 5.91 Å². The van der Waals surface area contributed by atoms with Crippen LogP contribution in [0.5, 0.6) is 5.75 Å². The van der Waals surface area contributed by atoms with E-state index in [1.165, 1.54) is 5.57 Å². The quantitative estimate of drug-likeness (QED) is 0.499. The lowest BCUT2D eigenvalue weighted by Crippen LogP contribution is -2.34. The topological polar surface area (TPSA) is 84.3 Å². The highest BCUT2D eigenvalue weighted by Crippen LogP contribution is 2.30. The first-order valence-electron chi connectivity index (χ1n) is 10.7. The number of carbonyl (C=O) groups excluding carboxylic acids is 1. The maximum atomic E-state index is 13.3. The van der Waals surface area contributed by atoms with Crippen LogP contribution in [0.15, 0.2) is 59.4 Å². The Hall–Kier alpha value is -3.87. The fourth-order valence-corrected chi connectivity index (χ4v) is 4.12. The van der Waals surface area contributed by atoms with Crippen molar-refractivity contribution in [2.24, 2.45) is 0 Å². The predicted octanol–water partition coefficient (Wildman–Crippen LogP) is 4.68. The van der Waals surface area contributed by atoms with Gasteiger partial charge in [-0.05, 0) is 50.1 Å². The van der Waals surface area contributed by atoms with E-state index in [4.69, 9.17) is 9.26 Å². The van der Waals surface area contributed by atoms with Gasteiger partial charge in [-0.2, -0.15) is 0 Å². The molecule has 4 heterocycles. The average Bonchev–Trinajstić information content (AvgIpc) is 3.40. The van der Waals surface area contributed by atoms with E-state index in [0.717, 1.165) is 40.0 Å². The Morgan fingerprint density at radius 1 is 1.22 bits per heavy atom. The maximum Gasteiger partial charge on any atom is 0.257 e. The lowest BCUT2D eigenvalue weighted by molar-refractivity contribution is 0.0768. The molecule has 5 rings (SSSR count). The molecule has 1 aliphatic rings. The van der Waals surface area contributed by atoms with Crippen molar-refractivity contribution >= 4 is 22.5 Å². The normalized spacial score (nSPS) is 13.9. The van der Waals surface area contributed by atoms with Crippen LogP contribution < -0.4 is 4.74 Å². The van der Waals surface area contributed by atoms with Gasteiger partial charge < -0.3 is 19.1 Å². The Labute approximate surface area is 185 Å². The number of carbonyl (C=O) groups is 1. The number of para-hydroxylation sites is 1. The molecule has 0 spiro atoms. The lowest BCUT2D eigenvalue weighted by Gasteiger charge is -2.27.